The Balaban J connectivity index is 2.71. The molecule has 0 heterocycles. The summed E-state index contributed by atoms with van der Waals surface area (Å²) in [5.74, 6) is 0.421. The minimum absolute atomic E-state index is 0.000980. The fourth-order valence-electron chi connectivity index (χ4n) is 4.30. The van der Waals surface area contributed by atoms with Crippen LogP contribution in [0.1, 0.15) is 80.3 Å². The van der Waals surface area contributed by atoms with Gasteiger partial charge in [-0.05, 0) is 57.1 Å². The third kappa shape index (κ3) is 4.60. The van der Waals surface area contributed by atoms with Crippen LogP contribution < -0.4 is 9.47 Å². The molecule has 2 atom stereocenters. The Labute approximate surface area is 169 Å². The van der Waals surface area contributed by atoms with E-state index in [1.165, 1.54) is 5.57 Å². The predicted octanol–water partition coefficient (Wildman–Crippen LogP) is 6.15. The fourth-order valence-corrected chi connectivity index (χ4v) is 4.30. The Kier molecular flexibility index (Phi) is 7.73. The molecule has 1 aliphatic carbocycles. The third-order valence-electron chi connectivity index (χ3n) is 5.76. The molecule has 4 nitrogen and oxygen atoms in total. The van der Waals surface area contributed by atoms with Crippen molar-refractivity contribution in [3.63, 3.8) is 0 Å². The van der Waals surface area contributed by atoms with Crippen molar-refractivity contribution >= 4 is 5.97 Å². The maximum atomic E-state index is 12.2. The molecular formula is C24H34O4. The zero-order chi connectivity index (χ0) is 20.8. The summed E-state index contributed by atoms with van der Waals surface area (Å²) in [5.41, 5.74) is 4.28. The summed E-state index contributed by atoms with van der Waals surface area (Å²) < 4.78 is 11.5. The molecule has 4 heteroatoms. The van der Waals surface area contributed by atoms with Crippen molar-refractivity contribution in [2.24, 2.45) is 5.92 Å². The smallest absolute Gasteiger partial charge is 0.339 e. The van der Waals surface area contributed by atoms with Crippen LogP contribution in [-0.2, 0) is 6.42 Å². The van der Waals surface area contributed by atoms with E-state index < -0.39 is 5.97 Å². The molecule has 1 N–H and O–H groups in total. The van der Waals surface area contributed by atoms with Gasteiger partial charge in [0.05, 0.1) is 14.2 Å². The lowest BCUT2D eigenvalue weighted by atomic mass is 9.73. The number of carboxylic acid groups (broad SMARTS) is 1. The second-order valence-corrected chi connectivity index (χ2v) is 7.85. The van der Waals surface area contributed by atoms with Crippen molar-refractivity contribution in [1.82, 2.24) is 0 Å². The van der Waals surface area contributed by atoms with Gasteiger partial charge in [0.2, 0.25) is 0 Å². The van der Waals surface area contributed by atoms with E-state index >= 15 is 0 Å². The highest BCUT2D eigenvalue weighted by Crippen LogP contribution is 2.48. The summed E-state index contributed by atoms with van der Waals surface area (Å²) in [6.45, 7) is 10.5. The topological polar surface area (TPSA) is 55.8 Å². The normalized spacial score (nSPS) is 19.1. The maximum absolute atomic E-state index is 12.2. The third-order valence-corrected chi connectivity index (χ3v) is 5.76. The summed E-state index contributed by atoms with van der Waals surface area (Å²) in [6, 6.07) is 1.91. The monoisotopic (exact) mass is 386 g/mol. The number of rotatable bonds is 9. The van der Waals surface area contributed by atoms with Gasteiger partial charge in [-0.1, -0.05) is 43.6 Å². The highest BCUT2D eigenvalue weighted by molar-refractivity contribution is 5.94. The van der Waals surface area contributed by atoms with Gasteiger partial charge in [0, 0.05) is 11.5 Å². The Morgan fingerprint density at radius 3 is 2.54 bits per heavy atom. The van der Waals surface area contributed by atoms with Crippen LogP contribution in [0.15, 0.2) is 29.9 Å². The van der Waals surface area contributed by atoms with Crippen LogP contribution in [0, 0.1) is 5.92 Å². The van der Waals surface area contributed by atoms with Gasteiger partial charge in [0.1, 0.15) is 17.1 Å². The van der Waals surface area contributed by atoms with Gasteiger partial charge in [-0.25, -0.2) is 4.79 Å². The van der Waals surface area contributed by atoms with Gasteiger partial charge in [0.15, 0.2) is 0 Å². The lowest BCUT2D eigenvalue weighted by Gasteiger charge is -2.33. The van der Waals surface area contributed by atoms with Gasteiger partial charge in [-0.15, -0.1) is 0 Å². The van der Waals surface area contributed by atoms with Crippen molar-refractivity contribution < 1.29 is 19.4 Å². The highest BCUT2D eigenvalue weighted by atomic mass is 16.5. The number of aryl methyl sites for hydroxylation is 1. The molecule has 1 aromatic rings. The Morgan fingerprint density at radius 1 is 1.29 bits per heavy atom. The van der Waals surface area contributed by atoms with E-state index in [4.69, 9.17) is 9.47 Å². The van der Waals surface area contributed by atoms with E-state index in [0.29, 0.717) is 17.9 Å². The molecule has 1 aliphatic rings. The first-order valence-electron chi connectivity index (χ1n) is 10.2. The summed E-state index contributed by atoms with van der Waals surface area (Å²) >= 11 is 0. The van der Waals surface area contributed by atoms with Crippen molar-refractivity contribution in [3.05, 3.63) is 46.6 Å². The standard InChI is InChI=1S/C24H34O4/c1-7-8-9-10-17-14-20(27-5)22(23(28-6)21(17)24(25)26)19-13-16(4)11-12-18(19)15(2)3/h13-14,18-19H,2,7-12H2,1,3-6H3,(H,25,26)/t18-,19+/m1/s1. The Bertz CT molecular complexity index is 760. The molecule has 2 rings (SSSR count). The van der Waals surface area contributed by atoms with Crippen LogP contribution in [-0.4, -0.2) is 25.3 Å². The number of hydrogen-bond donors (Lipinski definition) is 1. The number of methoxy groups -OCH3 is 2. The molecule has 0 amide bonds. The lowest BCUT2D eigenvalue weighted by Crippen LogP contribution is -2.20. The van der Waals surface area contributed by atoms with Gasteiger partial charge >= 0.3 is 5.97 Å². The van der Waals surface area contributed by atoms with Crippen LogP contribution in [0.25, 0.3) is 0 Å². The van der Waals surface area contributed by atoms with Crippen molar-refractivity contribution in [2.45, 2.75) is 65.2 Å². The highest BCUT2D eigenvalue weighted by Gasteiger charge is 2.34. The molecule has 0 aliphatic heterocycles. The molecule has 0 radical (unpaired) electrons. The summed E-state index contributed by atoms with van der Waals surface area (Å²) in [6.07, 6.45) is 8.04. The molecule has 0 spiro atoms. The molecule has 28 heavy (non-hydrogen) atoms. The van der Waals surface area contributed by atoms with E-state index in [2.05, 4.69) is 26.5 Å². The minimum atomic E-state index is -0.948. The van der Waals surface area contributed by atoms with Gasteiger partial charge in [-0.2, -0.15) is 0 Å². The Hall–Kier alpha value is -2.23. The largest absolute Gasteiger partial charge is 0.496 e. The fraction of sp³-hybridized carbons (Fsp3) is 0.542. The van der Waals surface area contributed by atoms with Crippen LogP contribution in [0.4, 0.5) is 0 Å². The van der Waals surface area contributed by atoms with E-state index in [9.17, 15) is 9.90 Å². The van der Waals surface area contributed by atoms with E-state index in [0.717, 1.165) is 48.8 Å². The lowest BCUT2D eigenvalue weighted by molar-refractivity contribution is 0.0691. The number of benzene rings is 1. The first kappa shape index (κ1) is 22.1. The second kappa shape index (κ2) is 9.81. The number of carbonyl (C=O) groups is 1. The molecule has 1 aromatic carbocycles. The molecule has 0 aromatic heterocycles. The van der Waals surface area contributed by atoms with Crippen molar-refractivity contribution in [3.8, 4) is 11.5 Å². The average Bonchev–Trinajstić information content (AvgIpc) is 2.66. The Morgan fingerprint density at radius 2 is 2.00 bits per heavy atom. The summed E-state index contributed by atoms with van der Waals surface area (Å²) in [4.78, 5) is 12.2. The molecule has 0 bridgehead atoms. The number of aromatic carboxylic acids is 1. The average molecular weight is 387 g/mol. The van der Waals surface area contributed by atoms with Gasteiger partial charge < -0.3 is 14.6 Å². The first-order valence-corrected chi connectivity index (χ1v) is 10.2. The van der Waals surface area contributed by atoms with Crippen molar-refractivity contribution in [2.75, 3.05) is 14.2 Å². The van der Waals surface area contributed by atoms with Gasteiger partial charge in [0.25, 0.3) is 0 Å². The molecule has 0 unspecified atom stereocenters. The molecule has 0 saturated carbocycles. The number of unbranched alkanes of at least 4 members (excludes halogenated alkanes) is 2. The van der Waals surface area contributed by atoms with Gasteiger partial charge in [-0.3, -0.25) is 0 Å². The van der Waals surface area contributed by atoms with Crippen LogP contribution in [0.3, 0.4) is 0 Å². The molecular weight excluding hydrogens is 352 g/mol. The van der Waals surface area contributed by atoms with E-state index in [1.54, 1.807) is 14.2 Å². The van der Waals surface area contributed by atoms with Crippen LogP contribution in [0.2, 0.25) is 0 Å². The molecule has 0 fully saturated rings. The van der Waals surface area contributed by atoms with Crippen LogP contribution >= 0.6 is 0 Å². The minimum Gasteiger partial charge on any atom is -0.496 e. The number of ether oxygens (including phenoxy) is 2. The molecule has 0 saturated heterocycles. The quantitative estimate of drug-likeness (QED) is 0.408. The number of allylic oxidation sites excluding steroid dienone is 3. The molecule has 154 valence electrons. The SMILES string of the molecule is C=C(C)[C@H]1CCC(C)=C[C@@H]1c1c(OC)cc(CCCCC)c(C(=O)O)c1OC. The first-order chi connectivity index (χ1) is 13.3. The van der Waals surface area contributed by atoms with E-state index in [1.807, 2.05) is 13.0 Å². The number of hydrogen-bond acceptors (Lipinski definition) is 3. The zero-order valence-electron chi connectivity index (χ0n) is 17.9. The van der Waals surface area contributed by atoms with Crippen LogP contribution in [0.5, 0.6) is 11.5 Å². The zero-order valence-corrected chi connectivity index (χ0v) is 17.9. The summed E-state index contributed by atoms with van der Waals surface area (Å²) in [5, 5.41) is 9.99. The van der Waals surface area contributed by atoms with Crippen molar-refractivity contribution in [1.29, 1.82) is 0 Å². The predicted molar refractivity (Wildman–Crippen MR) is 114 cm³/mol. The maximum Gasteiger partial charge on any atom is 0.339 e. The number of carboxylic acids is 1. The second-order valence-electron chi connectivity index (χ2n) is 7.85. The summed E-state index contributed by atoms with van der Waals surface area (Å²) in [7, 11) is 3.19. The van der Waals surface area contributed by atoms with E-state index in [-0.39, 0.29) is 17.4 Å².